The highest BCUT2D eigenvalue weighted by Gasteiger charge is 2.39. The van der Waals surface area contributed by atoms with Crippen LogP contribution < -0.4 is 10.2 Å². The van der Waals surface area contributed by atoms with Gasteiger partial charge in [0, 0.05) is 36.4 Å². The van der Waals surface area contributed by atoms with Crippen molar-refractivity contribution in [2.24, 2.45) is 0 Å². The van der Waals surface area contributed by atoms with Gasteiger partial charge < -0.3 is 4.90 Å². The van der Waals surface area contributed by atoms with E-state index in [1.165, 1.54) is 27.8 Å². The molecule has 168 valence electrons. The van der Waals surface area contributed by atoms with Gasteiger partial charge in [0.25, 0.3) is 0 Å². The lowest BCUT2D eigenvalue weighted by Gasteiger charge is -2.23. The van der Waals surface area contributed by atoms with Crippen LogP contribution in [0.3, 0.4) is 0 Å². The molecule has 1 fully saturated rings. The molecule has 1 saturated heterocycles. The minimum atomic E-state index is -3.78. The molecule has 8 nitrogen and oxygen atoms in total. The summed E-state index contributed by atoms with van der Waals surface area (Å²) in [4.78, 5) is 15.1. The van der Waals surface area contributed by atoms with E-state index in [2.05, 4.69) is 31.4 Å². The van der Waals surface area contributed by atoms with Crippen LogP contribution in [0, 0.1) is 0 Å². The summed E-state index contributed by atoms with van der Waals surface area (Å²) >= 11 is 4.56. The maximum atomic E-state index is 13.1. The predicted molar refractivity (Wildman–Crippen MR) is 129 cm³/mol. The van der Waals surface area contributed by atoms with Crippen LogP contribution in [0.5, 0.6) is 0 Å². The highest BCUT2D eigenvalue weighted by molar-refractivity contribution is 9.10. The van der Waals surface area contributed by atoms with E-state index in [0.29, 0.717) is 29.5 Å². The van der Waals surface area contributed by atoms with Crippen molar-refractivity contribution in [3.8, 4) is 10.6 Å². The quantitative estimate of drug-likeness (QED) is 0.515. The molecule has 1 aliphatic heterocycles. The van der Waals surface area contributed by atoms with Crippen LogP contribution in [0.25, 0.3) is 10.6 Å². The number of benzene rings is 2. The molecule has 11 heteroatoms. The Bertz CT molecular complexity index is 1210. The van der Waals surface area contributed by atoms with Crippen molar-refractivity contribution in [3.05, 3.63) is 53.0 Å². The molecule has 1 aromatic heterocycles. The van der Waals surface area contributed by atoms with E-state index in [9.17, 15) is 13.2 Å². The van der Waals surface area contributed by atoms with Crippen LogP contribution in [0.15, 0.2) is 57.9 Å². The Morgan fingerprint density at radius 3 is 2.47 bits per heavy atom. The summed E-state index contributed by atoms with van der Waals surface area (Å²) < 4.78 is 28.2. The lowest BCUT2D eigenvalue weighted by Crippen LogP contribution is -2.43. The molecule has 1 atom stereocenters. The van der Waals surface area contributed by atoms with Crippen LogP contribution >= 0.6 is 27.3 Å². The molecular formula is C21H22BrN5O3S2. The highest BCUT2D eigenvalue weighted by atomic mass is 79.9. The number of sulfonamides is 1. The first-order valence-electron chi connectivity index (χ1n) is 9.95. The number of amides is 1. The molecule has 0 spiro atoms. The number of nitrogens with zero attached hydrogens (tertiary/aromatic N) is 4. The van der Waals surface area contributed by atoms with Crippen LogP contribution in [-0.2, 0) is 14.8 Å². The molecule has 2 heterocycles. The van der Waals surface area contributed by atoms with Gasteiger partial charge in [-0.15, -0.1) is 10.2 Å². The minimum Gasteiger partial charge on any atom is -0.378 e. The van der Waals surface area contributed by atoms with E-state index in [1.54, 1.807) is 12.1 Å². The monoisotopic (exact) mass is 535 g/mol. The molecule has 32 heavy (non-hydrogen) atoms. The number of nitrogens with one attached hydrogen (secondary N) is 1. The Morgan fingerprint density at radius 1 is 1.12 bits per heavy atom. The zero-order chi connectivity index (χ0) is 22.9. The van der Waals surface area contributed by atoms with E-state index in [4.69, 9.17) is 0 Å². The molecule has 1 aliphatic rings. The third-order valence-electron chi connectivity index (χ3n) is 5.21. The second-order valence-electron chi connectivity index (χ2n) is 7.57. The second kappa shape index (κ2) is 9.26. The van der Waals surface area contributed by atoms with Crippen molar-refractivity contribution >= 4 is 54.0 Å². The Morgan fingerprint density at radius 2 is 1.81 bits per heavy atom. The van der Waals surface area contributed by atoms with Gasteiger partial charge in [-0.25, -0.2) is 8.42 Å². The molecular weight excluding hydrogens is 514 g/mol. The zero-order valence-electron chi connectivity index (χ0n) is 17.5. The van der Waals surface area contributed by atoms with Gasteiger partial charge in [-0.05, 0) is 61.4 Å². The third kappa shape index (κ3) is 4.70. The first-order chi connectivity index (χ1) is 15.3. The van der Waals surface area contributed by atoms with Gasteiger partial charge in [0.15, 0.2) is 0 Å². The standard InChI is InChI=1S/C21H22BrN5O3S2/c1-26(2)16-9-5-14(6-10-16)20-24-25-21(31-20)23-19(28)18-4-3-13-27(18)32(29,30)17-11-7-15(22)8-12-17/h5-12,18H,3-4,13H2,1-2H3,(H,23,25,28)/t18-/m1/s1. The topological polar surface area (TPSA) is 95.5 Å². The predicted octanol–water partition coefficient (Wildman–Crippen LogP) is 3.83. The van der Waals surface area contributed by atoms with Crippen LogP contribution in [0.4, 0.5) is 10.8 Å². The SMILES string of the molecule is CN(C)c1ccc(-c2nnc(NC(=O)[C@H]3CCCN3S(=O)(=O)c3ccc(Br)cc3)s2)cc1. The van der Waals surface area contributed by atoms with Gasteiger partial charge in [-0.3, -0.25) is 10.1 Å². The number of anilines is 2. The number of hydrogen-bond donors (Lipinski definition) is 1. The van der Waals surface area contributed by atoms with Gasteiger partial charge in [-0.1, -0.05) is 27.3 Å². The number of aromatic nitrogens is 2. The van der Waals surface area contributed by atoms with Crippen molar-refractivity contribution in [2.45, 2.75) is 23.8 Å². The van der Waals surface area contributed by atoms with Gasteiger partial charge in [0.2, 0.25) is 21.1 Å². The summed E-state index contributed by atoms with van der Waals surface area (Å²) in [5.41, 5.74) is 1.97. The number of carbonyl (C=O) groups excluding carboxylic acids is 1. The average molecular weight is 536 g/mol. The molecule has 0 aliphatic carbocycles. The van der Waals surface area contributed by atoms with E-state index in [0.717, 1.165) is 15.7 Å². The van der Waals surface area contributed by atoms with Crippen molar-refractivity contribution in [3.63, 3.8) is 0 Å². The summed E-state index contributed by atoms with van der Waals surface area (Å²) in [6.45, 7) is 0.302. The fraction of sp³-hybridized carbons (Fsp3) is 0.286. The normalized spacial score (nSPS) is 16.8. The van der Waals surface area contributed by atoms with Gasteiger partial charge in [0.1, 0.15) is 11.0 Å². The largest absolute Gasteiger partial charge is 0.378 e. The summed E-state index contributed by atoms with van der Waals surface area (Å²) in [6, 6.07) is 13.5. The number of halogens is 1. The molecule has 0 saturated carbocycles. The molecule has 3 aromatic rings. The first kappa shape index (κ1) is 22.8. The molecule has 0 bridgehead atoms. The number of rotatable bonds is 6. The molecule has 4 rings (SSSR count). The van der Waals surface area contributed by atoms with E-state index < -0.39 is 22.0 Å². The lowest BCUT2D eigenvalue weighted by atomic mass is 10.2. The van der Waals surface area contributed by atoms with Crippen LogP contribution in [0.2, 0.25) is 0 Å². The van der Waals surface area contributed by atoms with E-state index in [1.807, 2.05) is 43.3 Å². The van der Waals surface area contributed by atoms with Crippen molar-refractivity contribution in [1.82, 2.24) is 14.5 Å². The summed E-state index contributed by atoms with van der Waals surface area (Å²) in [6.07, 6.45) is 1.08. The number of carbonyl (C=O) groups is 1. The number of hydrogen-bond acceptors (Lipinski definition) is 7. The van der Waals surface area contributed by atoms with Gasteiger partial charge in [-0.2, -0.15) is 4.31 Å². The van der Waals surface area contributed by atoms with Crippen molar-refractivity contribution < 1.29 is 13.2 Å². The van der Waals surface area contributed by atoms with E-state index >= 15 is 0 Å². The fourth-order valence-electron chi connectivity index (χ4n) is 3.51. The van der Waals surface area contributed by atoms with E-state index in [-0.39, 0.29) is 4.90 Å². The van der Waals surface area contributed by atoms with Crippen LogP contribution in [0.1, 0.15) is 12.8 Å². The molecule has 0 unspecified atom stereocenters. The van der Waals surface area contributed by atoms with Crippen LogP contribution in [-0.4, -0.2) is 55.5 Å². The average Bonchev–Trinajstić information content (AvgIpc) is 3.44. The maximum absolute atomic E-state index is 13.1. The third-order valence-corrected chi connectivity index (χ3v) is 8.55. The molecule has 1 N–H and O–H groups in total. The van der Waals surface area contributed by atoms with Gasteiger partial charge >= 0.3 is 0 Å². The van der Waals surface area contributed by atoms with Gasteiger partial charge in [0.05, 0.1) is 4.90 Å². The Kier molecular flexibility index (Phi) is 6.61. The Balaban J connectivity index is 1.48. The molecule has 2 aromatic carbocycles. The molecule has 0 radical (unpaired) electrons. The van der Waals surface area contributed by atoms with Crippen molar-refractivity contribution in [2.75, 3.05) is 30.9 Å². The smallest absolute Gasteiger partial charge is 0.244 e. The minimum absolute atomic E-state index is 0.166. The first-order valence-corrected chi connectivity index (χ1v) is 13.0. The zero-order valence-corrected chi connectivity index (χ0v) is 20.7. The Hall–Kier alpha value is -2.34. The highest BCUT2D eigenvalue weighted by Crippen LogP contribution is 2.30. The van der Waals surface area contributed by atoms with Crippen molar-refractivity contribution in [1.29, 1.82) is 0 Å². The lowest BCUT2D eigenvalue weighted by molar-refractivity contribution is -0.119. The fourth-order valence-corrected chi connectivity index (χ4v) is 6.19. The second-order valence-corrected chi connectivity index (χ2v) is 11.4. The summed E-state index contributed by atoms with van der Waals surface area (Å²) in [7, 11) is 0.162. The summed E-state index contributed by atoms with van der Waals surface area (Å²) in [5, 5.41) is 12.0. The Labute approximate surface area is 199 Å². The summed E-state index contributed by atoms with van der Waals surface area (Å²) in [5.74, 6) is -0.395. The maximum Gasteiger partial charge on any atom is 0.244 e. The molecule has 1 amide bonds.